The Labute approximate surface area is 49.7 Å². The van der Waals surface area contributed by atoms with Crippen molar-refractivity contribution in [2.75, 3.05) is 0 Å². The van der Waals surface area contributed by atoms with Crippen molar-refractivity contribution in [2.24, 2.45) is 0 Å². The first-order valence-corrected chi connectivity index (χ1v) is 3.55. The van der Waals surface area contributed by atoms with Crippen molar-refractivity contribution in [3.05, 3.63) is 0 Å². The van der Waals surface area contributed by atoms with Crippen LogP contribution in [0.1, 0.15) is 20.3 Å². The van der Waals surface area contributed by atoms with Gasteiger partial charge in [-0.2, -0.15) is 0 Å². The first kappa shape index (κ1) is 7.49. The van der Waals surface area contributed by atoms with Gasteiger partial charge in [-0.1, -0.05) is 26.1 Å². The highest BCUT2D eigenvalue weighted by atomic mass is 31.0. The molecule has 0 aromatic heterocycles. The maximum absolute atomic E-state index is 2.80. The monoisotopic (exact) mass is 116 g/mol. The summed E-state index contributed by atoms with van der Waals surface area (Å²) in [6.07, 6.45) is 1.32. The topological polar surface area (TPSA) is 0 Å². The zero-order chi connectivity index (χ0) is 5.86. The molecule has 0 heterocycles. The molecule has 7 heavy (non-hydrogen) atoms. The van der Waals surface area contributed by atoms with E-state index in [0.29, 0.717) is 0 Å². The van der Waals surface area contributed by atoms with Crippen LogP contribution in [0.3, 0.4) is 0 Å². The van der Waals surface area contributed by atoms with Gasteiger partial charge in [0.15, 0.2) is 0 Å². The Morgan fingerprint density at radius 1 is 1.57 bits per heavy atom. The third-order valence-electron chi connectivity index (χ3n) is 0.843. The highest BCUT2D eigenvalue weighted by molar-refractivity contribution is 7.17. The number of hydrogen-bond donors (Lipinski definition) is 0. The first-order valence-electron chi connectivity index (χ1n) is 2.88. The molecule has 42 valence electrons. The van der Waals surface area contributed by atoms with Gasteiger partial charge in [0.1, 0.15) is 7.85 Å². The van der Waals surface area contributed by atoms with E-state index in [1.54, 1.807) is 0 Å². The van der Waals surface area contributed by atoms with Gasteiger partial charge >= 0.3 is 0 Å². The minimum atomic E-state index is 0.792. The first-order chi connectivity index (χ1) is 3.13. The summed E-state index contributed by atoms with van der Waals surface area (Å²) >= 11 is 0. The van der Waals surface area contributed by atoms with Gasteiger partial charge in [0.05, 0.1) is 0 Å². The van der Waals surface area contributed by atoms with E-state index in [4.69, 9.17) is 0 Å². The summed E-state index contributed by atoms with van der Waals surface area (Å²) in [5.41, 5.74) is 0.792. The van der Waals surface area contributed by atoms with Crippen LogP contribution in [0.5, 0.6) is 0 Å². The van der Waals surface area contributed by atoms with Crippen molar-refractivity contribution >= 4 is 17.1 Å². The maximum atomic E-state index is 2.80. The zero-order valence-corrected chi connectivity index (χ0v) is 6.59. The fourth-order valence-electron chi connectivity index (χ4n) is 0.744. The Kier molecular flexibility index (Phi) is 3.74. The summed E-state index contributed by atoms with van der Waals surface area (Å²) in [7, 11) is 5.05. The minimum absolute atomic E-state index is 0.792. The van der Waals surface area contributed by atoms with Crippen LogP contribution in [0, 0.1) is 0 Å². The predicted molar refractivity (Wildman–Crippen MR) is 41.8 cm³/mol. The van der Waals surface area contributed by atoms with E-state index < -0.39 is 0 Å². The largest absolute Gasteiger partial charge is 0.135 e. The second-order valence-electron chi connectivity index (χ2n) is 2.61. The molecule has 0 radical (unpaired) electrons. The molecule has 0 saturated carbocycles. The summed E-state index contributed by atoms with van der Waals surface area (Å²) in [5, 5.41) is 0. The molecule has 0 aliphatic carbocycles. The Hall–Kier alpha value is 0.495. The lowest BCUT2D eigenvalue weighted by molar-refractivity contribution is 0.785. The van der Waals surface area contributed by atoms with Gasteiger partial charge < -0.3 is 0 Å². The predicted octanol–water partition coefficient (Wildman–Crippen LogP) is 1.08. The SMILES string of the molecule is BC(C)CC(C)P. The molecular formula is C5H14BP. The smallest absolute Gasteiger partial charge is 0.105 e. The van der Waals surface area contributed by atoms with E-state index in [0.717, 1.165) is 11.5 Å². The number of hydrogen-bond acceptors (Lipinski definition) is 0. The second-order valence-corrected chi connectivity index (χ2v) is 3.74. The van der Waals surface area contributed by atoms with E-state index in [-0.39, 0.29) is 0 Å². The number of rotatable bonds is 2. The van der Waals surface area contributed by atoms with E-state index in [9.17, 15) is 0 Å². The van der Waals surface area contributed by atoms with Crippen LogP contribution in [0.2, 0.25) is 5.82 Å². The molecule has 0 aliphatic heterocycles. The van der Waals surface area contributed by atoms with Crippen molar-refractivity contribution in [2.45, 2.75) is 31.7 Å². The molecule has 0 amide bonds. The Bertz CT molecular complexity index is 37.3. The molecule has 0 aliphatic rings. The summed E-state index contributed by atoms with van der Waals surface area (Å²) in [5.74, 6) is 0.854. The summed E-state index contributed by atoms with van der Waals surface area (Å²) in [6, 6.07) is 0. The fourth-order valence-corrected chi connectivity index (χ4v) is 1.29. The van der Waals surface area contributed by atoms with E-state index in [1.807, 2.05) is 0 Å². The van der Waals surface area contributed by atoms with Crippen LogP contribution < -0.4 is 0 Å². The maximum Gasteiger partial charge on any atom is 0.105 e. The van der Waals surface area contributed by atoms with Gasteiger partial charge in [-0.3, -0.25) is 0 Å². The third kappa shape index (κ3) is 6.49. The molecule has 0 saturated heterocycles. The molecule has 3 atom stereocenters. The van der Waals surface area contributed by atoms with Crippen molar-refractivity contribution in [3.63, 3.8) is 0 Å². The van der Waals surface area contributed by atoms with Crippen molar-refractivity contribution in [1.82, 2.24) is 0 Å². The molecule has 0 bridgehead atoms. The molecule has 0 aromatic rings. The van der Waals surface area contributed by atoms with Crippen LogP contribution >= 0.6 is 9.24 Å². The normalized spacial score (nSPS) is 18.7. The van der Waals surface area contributed by atoms with Crippen LogP contribution in [0.4, 0.5) is 0 Å². The van der Waals surface area contributed by atoms with Gasteiger partial charge in [0.2, 0.25) is 0 Å². The molecule has 0 N–H and O–H groups in total. The van der Waals surface area contributed by atoms with Gasteiger partial charge in [-0.05, 0) is 5.66 Å². The third-order valence-corrected chi connectivity index (χ3v) is 1.12. The van der Waals surface area contributed by atoms with Gasteiger partial charge in [0.25, 0.3) is 0 Å². The summed E-state index contributed by atoms with van der Waals surface area (Å²) in [4.78, 5) is 0. The summed E-state index contributed by atoms with van der Waals surface area (Å²) < 4.78 is 0. The van der Waals surface area contributed by atoms with E-state index in [2.05, 4.69) is 30.9 Å². The lowest BCUT2D eigenvalue weighted by Gasteiger charge is -2.05. The Morgan fingerprint density at radius 3 is 2.00 bits per heavy atom. The zero-order valence-electron chi connectivity index (χ0n) is 5.44. The second kappa shape index (κ2) is 3.49. The highest BCUT2D eigenvalue weighted by Gasteiger charge is 1.96. The van der Waals surface area contributed by atoms with Crippen molar-refractivity contribution < 1.29 is 0 Å². The molecule has 0 nitrogen and oxygen atoms in total. The Balaban J connectivity index is 2.95. The van der Waals surface area contributed by atoms with Crippen LogP contribution in [0.25, 0.3) is 0 Å². The average Bonchev–Trinajstić information content (AvgIpc) is 1.27. The minimum Gasteiger partial charge on any atom is -0.135 e. The Morgan fingerprint density at radius 2 is 2.00 bits per heavy atom. The van der Waals surface area contributed by atoms with Gasteiger partial charge in [-0.25, -0.2) is 0 Å². The van der Waals surface area contributed by atoms with Crippen LogP contribution in [0.15, 0.2) is 0 Å². The summed E-state index contributed by atoms with van der Waals surface area (Å²) in [6.45, 7) is 4.48. The fraction of sp³-hybridized carbons (Fsp3) is 1.00. The molecular weight excluding hydrogens is 102 g/mol. The average molecular weight is 116 g/mol. The van der Waals surface area contributed by atoms with E-state index in [1.165, 1.54) is 6.42 Å². The molecule has 2 heteroatoms. The molecule has 0 aromatic carbocycles. The van der Waals surface area contributed by atoms with Gasteiger partial charge in [-0.15, -0.1) is 9.24 Å². The van der Waals surface area contributed by atoms with Crippen molar-refractivity contribution in [3.8, 4) is 0 Å². The molecule has 0 fully saturated rings. The van der Waals surface area contributed by atoms with Crippen molar-refractivity contribution in [1.29, 1.82) is 0 Å². The van der Waals surface area contributed by atoms with E-state index >= 15 is 0 Å². The molecule has 3 unspecified atom stereocenters. The van der Waals surface area contributed by atoms with Gasteiger partial charge in [0, 0.05) is 0 Å². The molecule has 0 spiro atoms. The van der Waals surface area contributed by atoms with Crippen LogP contribution in [-0.4, -0.2) is 13.5 Å². The standard InChI is InChI=1S/C5H14BP/c1-4(6)3-5(2)7/h4-5H,3,6-7H2,1-2H3. The highest BCUT2D eigenvalue weighted by Crippen LogP contribution is 2.12. The molecule has 0 rings (SSSR count). The van der Waals surface area contributed by atoms with Crippen LogP contribution in [-0.2, 0) is 0 Å². The lowest BCUT2D eigenvalue weighted by atomic mass is 9.86. The quantitative estimate of drug-likeness (QED) is 0.374. The lowest BCUT2D eigenvalue weighted by Crippen LogP contribution is -1.94.